The zero-order valence-corrected chi connectivity index (χ0v) is 15.1. The monoisotopic (exact) mass is 343 g/mol. The Balaban J connectivity index is 1.73. The van der Waals surface area contributed by atoms with Crippen molar-refractivity contribution in [3.63, 3.8) is 0 Å². The average Bonchev–Trinajstić information content (AvgIpc) is 2.60. The predicted molar refractivity (Wildman–Crippen MR) is 100 cm³/mol. The molecule has 0 aromatic heterocycles. The van der Waals surface area contributed by atoms with Crippen molar-refractivity contribution in [2.24, 2.45) is 0 Å². The van der Waals surface area contributed by atoms with Gasteiger partial charge in [0, 0.05) is 29.4 Å². The Bertz CT molecular complexity index is 611. The first-order chi connectivity index (χ1) is 11.6. The molecule has 2 aromatic rings. The maximum Gasteiger partial charge on any atom is 0.251 e. The van der Waals surface area contributed by atoms with Crippen molar-refractivity contribution in [3.05, 3.63) is 65.7 Å². The van der Waals surface area contributed by atoms with Crippen LogP contribution in [0, 0.1) is 0 Å². The van der Waals surface area contributed by atoms with Crippen LogP contribution in [0.4, 0.5) is 0 Å². The summed E-state index contributed by atoms with van der Waals surface area (Å²) in [5, 5.41) is 2.93. The van der Waals surface area contributed by atoms with E-state index < -0.39 is 0 Å². The molecule has 24 heavy (non-hydrogen) atoms. The molecule has 0 heterocycles. The van der Waals surface area contributed by atoms with E-state index in [2.05, 4.69) is 17.4 Å². The Kier molecular flexibility index (Phi) is 7.86. The van der Waals surface area contributed by atoms with Gasteiger partial charge in [-0.3, -0.25) is 4.79 Å². The highest BCUT2D eigenvalue weighted by Crippen LogP contribution is 2.22. The highest BCUT2D eigenvalue weighted by Gasteiger charge is 2.05. The fourth-order valence-electron chi connectivity index (χ4n) is 2.13. The Morgan fingerprint density at radius 3 is 2.46 bits per heavy atom. The molecule has 0 atom stereocenters. The Morgan fingerprint density at radius 1 is 1.08 bits per heavy atom. The van der Waals surface area contributed by atoms with Crippen LogP contribution in [0.3, 0.4) is 0 Å². The summed E-state index contributed by atoms with van der Waals surface area (Å²) >= 11 is 1.79. The zero-order chi connectivity index (χ0) is 17.2. The lowest BCUT2D eigenvalue weighted by atomic mass is 10.1. The molecule has 128 valence electrons. The van der Waals surface area contributed by atoms with Gasteiger partial charge in [-0.15, -0.1) is 11.8 Å². The van der Waals surface area contributed by atoms with Gasteiger partial charge in [0.25, 0.3) is 5.91 Å². The zero-order valence-electron chi connectivity index (χ0n) is 14.3. The smallest absolute Gasteiger partial charge is 0.251 e. The summed E-state index contributed by atoms with van der Waals surface area (Å²) in [5.74, 6) is 0.875. The number of hydrogen-bond donors (Lipinski definition) is 1. The Labute approximate surface area is 148 Å². The van der Waals surface area contributed by atoms with Crippen LogP contribution in [-0.2, 0) is 10.5 Å². The molecule has 0 bridgehead atoms. The van der Waals surface area contributed by atoms with Crippen LogP contribution >= 0.6 is 11.8 Å². The number of thioether (sulfide) groups is 1. The SMILES string of the molecule is CC(C)OCCCNC(=O)c1ccc(CSc2ccccc2)cc1. The fraction of sp³-hybridized carbons (Fsp3) is 0.350. The van der Waals surface area contributed by atoms with Gasteiger partial charge in [-0.1, -0.05) is 30.3 Å². The van der Waals surface area contributed by atoms with Crippen molar-refractivity contribution in [1.82, 2.24) is 5.32 Å². The third-order valence-electron chi connectivity index (χ3n) is 3.42. The van der Waals surface area contributed by atoms with E-state index in [9.17, 15) is 4.79 Å². The molecule has 0 saturated heterocycles. The van der Waals surface area contributed by atoms with E-state index >= 15 is 0 Å². The van der Waals surface area contributed by atoms with E-state index in [1.807, 2.05) is 56.3 Å². The molecule has 0 aliphatic heterocycles. The summed E-state index contributed by atoms with van der Waals surface area (Å²) in [6.07, 6.45) is 1.07. The first kappa shape index (κ1) is 18.6. The molecule has 3 nitrogen and oxygen atoms in total. The molecule has 0 aliphatic rings. The second kappa shape index (κ2) is 10.2. The minimum Gasteiger partial charge on any atom is -0.379 e. The van der Waals surface area contributed by atoms with E-state index in [1.54, 1.807) is 11.8 Å². The first-order valence-corrected chi connectivity index (χ1v) is 9.30. The summed E-state index contributed by atoms with van der Waals surface area (Å²) < 4.78 is 5.45. The van der Waals surface area contributed by atoms with E-state index in [4.69, 9.17) is 4.74 Å². The van der Waals surface area contributed by atoms with E-state index in [1.165, 1.54) is 10.5 Å². The van der Waals surface area contributed by atoms with Gasteiger partial charge in [-0.05, 0) is 50.1 Å². The standard InChI is InChI=1S/C20H25NO2S/c1-16(2)23-14-6-13-21-20(22)18-11-9-17(10-12-18)15-24-19-7-4-3-5-8-19/h3-5,7-12,16H,6,13-15H2,1-2H3,(H,21,22). The van der Waals surface area contributed by atoms with Gasteiger partial charge in [0.1, 0.15) is 0 Å². The number of amides is 1. The third-order valence-corrected chi connectivity index (χ3v) is 4.51. The normalized spacial score (nSPS) is 10.8. The molecule has 1 amide bonds. The lowest BCUT2D eigenvalue weighted by Gasteiger charge is -2.08. The van der Waals surface area contributed by atoms with Gasteiger partial charge in [0.2, 0.25) is 0 Å². The maximum absolute atomic E-state index is 12.1. The molecular formula is C20H25NO2S. The lowest BCUT2D eigenvalue weighted by Crippen LogP contribution is -2.25. The summed E-state index contributed by atoms with van der Waals surface area (Å²) in [6.45, 7) is 5.33. The maximum atomic E-state index is 12.1. The molecule has 2 aromatic carbocycles. The van der Waals surface area contributed by atoms with E-state index in [0.29, 0.717) is 18.7 Å². The van der Waals surface area contributed by atoms with Crippen molar-refractivity contribution in [1.29, 1.82) is 0 Å². The quantitative estimate of drug-likeness (QED) is 0.537. The van der Waals surface area contributed by atoms with Gasteiger partial charge in [0.15, 0.2) is 0 Å². The molecule has 4 heteroatoms. The summed E-state index contributed by atoms with van der Waals surface area (Å²) in [6, 6.07) is 18.1. The number of carbonyl (C=O) groups excluding carboxylic acids is 1. The Hall–Kier alpha value is -1.78. The minimum atomic E-state index is -0.0261. The number of ether oxygens (including phenoxy) is 1. The van der Waals surface area contributed by atoms with Crippen LogP contribution in [0.1, 0.15) is 36.2 Å². The second-order valence-electron chi connectivity index (χ2n) is 5.83. The topological polar surface area (TPSA) is 38.3 Å². The Morgan fingerprint density at radius 2 is 1.79 bits per heavy atom. The highest BCUT2D eigenvalue weighted by molar-refractivity contribution is 7.98. The van der Waals surface area contributed by atoms with E-state index in [0.717, 1.165) is 12.2 Å². The van der Waals surface area contributed by atoms with Crippen LogP contribution < -0.4 is 5.32 Å². The summed E-state index contributed by atoms with van der Waals surface area (Å²) in [4.78, 5) is 13.3. The molecule has 0 aliphatic carbocycles. The number of benzene rings is 2. The van der Waals surface area contributed by atoms with Crippen molar-refractivity contribution < 1.29 is 9.53 Å². The van der Waals surface area contributed by atoms with Crippen LogP contribution in [0.2, 0.25) is 0 Å². The predicted octanol–water partition coefficient (Wildman–Crippen LogP) is 4.52. The minimum absolute atomic E-state index is 0.0261. The summed E-state index contributed by atoms with van der Waals surface area (Å²) in [7, 11) is 0. The van der Waals surface area contributed by atoms with Crippen molar-refractivity contribution in [2.75, 3.05) is 13.2 Å². The third kappa shape index (κ3) is 6.77. The number of hydrogen-bond acceptors (Lipinski definition) is 3. The van der Waals surface area contributed by atoms with Gasteiger partial charge in [-0.25, -0.2) is 0 Å². The van der Waals surface area contributed by atoms with Crippen LogP contribution in [-0.4, -0.2) is 25.2 Å². The largest absolute Gasteiger partial charge is 0.379 e. The molecule has 0 radical (unpaired) electrons. The van der Waals surface area contributed by atoms with E-state index in [-0.39, 0.29) is 12.0 Å². The molecular weight excluding hydrogens is 318 g/mol. The number of rotatable bonds is 9. The van der Waals surface area contributed by atoms with Crippen LogP contribution in [0.15, 0.2) is 59.5 Å². The lowest BCUT2D eigenvalue weighted by molar-refractivity contribution is 0.0757. The molecule has 0 saturated carbocycles. The number of nitrogens with one attached hydrogen (secondary N) is 1. The van der Waals surface area contributed by atoms with Crippen LogP contribution in [0.5, 0.6) is 0 Å². The molecule has 0 spiro atoms. The van der Waals surface area contributed by atoms with Crippen molar-refractivity contribution in [3.8, 4) is 0 Å². The van der Waals surface area contributed by atoms with Crippen molar-refractivity contribution in [2.45, 2.75) is 37.0 Å². The van der Waals surface area contributed by atoms with Gasteiger partial charge in [-0.2, -0.15) is 0 Å². The highest BCUT2D eigenvalue weighted by atomic mass is 32.2. The van der Waals surface area contributed by atoms with Gasteiger partial charge < -0.3 is 10.1 Å². The van der Waals surface area contributed by atoms with Crippen LogP contribution in [0.25, 0.3) is 0 Å². The first-order valence-electron chi connectivity index (χ1n) is 8.32. The molecule has 0 unspecified atom stereocenters. The summed E-state index contributed by atoms with van der Waals surface area (Å²) in [5.41, 5.74) is 1.92. The number of carbonyl (C=O) groups is 1. The second-order valence-corrected chi connectivity index (χ2v) is 6.88. The van der Waals surface area contributed by atoms with Gasteiger partial charge >= 0.3 is 0 Å². The van der Waals surface area contributed by atoms with Gasteiger partial charge in [0.05, 0.1) is 6.10 Å². The fourth-order valence-corrected chi connectivity index (χ4v) is 3.01. The molecule has 1 N–H and O–H groups in total. The molecule has 0 fully saturated rings. The van der Waals surface area contributed by atoms with Crippen molar-refractivity contribution >= 4 is 17.7 Å². The average molecular weight is 343 g/mol. The molecule has 2 rings (SSSR count).